The molecule has 0 fully saturated rings. The normalized spacial score (nSPS) is 10.3. The van der Waals surface area contributed by atoms with E-state index in [2.05, 4.69) is 15.6 Å². The van der Waals surface area contributed by atoms with E-state index in [-0.39, 0.29) is 5.91 Å². The fourth-order valence-electron chi connectivity index (χ4n) is 2.32. The maximum Gasteiger partial charge on any atom is 0.253 e. The predicted octanol–water partition coefficient (Wildman–Crippen LogP) is 4.72. The van der Waals surface area contributed by atoms with Crippen LogP contribution in [0.1, 0.15) is 21.5 Å². The summed E-state index contributed by atoms with van der Waals surface area (Å²) in [5.41, 5.74) is 4.40. The summed E-state index contributed by atoms with van der Waals surface area (Å²) in [6.45, 7) is 2.47. The van der Waals surface area contributed by atoms with Gasteiger partial charge in [0.25, 0.3) is 5.91 Å². The lowest BCUT2D eigenvalue weighted by molar-refractivity contribution is 0.0950. The maximum atomic E-state index is 12.3. The quantitative estimate of drug-likeness (QED) is 0.699. The number of nitrogens with zero attached hydrogens (tertiary/aromatic N) is 1. The topological polar surface area (TPSA) is 54.0 Å². The molecule has 0 saturated heterocycles. The van der Waals surface area contributed by atoms with Crippen LogP contribution in [0, 0.1) is 6.92 Å². The van der Waals surface area contributed by atoms with Crippen LogP contribution in [0.25, 0.3) is 0 Å². The van der Waals surface area contributed by atoms with Crippen LogP contribution < -0.4 is 10.6 Å². The molecule has 0 atom stereocenters. The van der Waals surface area contributed by atoms with Gasteiger partial charge in [0.15, 0.2) is 0 Å². The smallest absolute Gasteiger partial charge is 0.253 e. The van der Waals surface area contributed by atoms with Crippen LogP contribution in [0.2, 0.25) is 5.02 Å². The van der Waals surface area contributed by atoms with Gasteiger partial charge in [-0.05, 0) is 42.8 Å². The van der Waals surface area contributed by atoms with Gasteiger partial charge >= 0.3 is 0 Å². The van der Waals surface area contributed by atoms with E-state index >= 15 is 0 Å². The zero-order valence-corrected chi connectivity index (χ0v) is 14.5. The van der Waals surface area contributed by atoms with Crippen molar-refractivity contribution < 1.29 is 4.79 Å². The number of benzene rings is 2. The molecule has 1 heterocycles. The maximum absolute atomic E-state index is 12.3. The first-order valence-electron chi connectivity index (χ1n) is 7.91. The first kappa shape index (κ1) is 17.0. The van der Waals surface area contributed by atoms with Gasteiger partial charge in [0.2, 0.25) is 0 Å². The Hall–Kier alpha value is -2.85. The van der Waals surface area contributed by atoms with Crippen molar-refractivity contribution in [2.75, 3.05) is 5.32 Å². The molecule has 0 aliphatic heterocycles. The number of amides is 1. The van der Waals surface area contributed by atoms with Crippen molar-refractivity contribution >= 4 is 28.9 Å². The van der Waals surface area contributed by atoms with Crippen molar-refractivity contribution in [1.82, 2.24) is 10.3 Å². The first-order chi connectivity index (χ1) is 12.1. The molecule has 0 radical (unpaired) electrons. The monoisotopic (exact) mass is 351 g/mol. The third kappa shape index (κ3) is 4.81. The number of anilines is 2. The van der Waals surface area contributed by atoms with Crippen molar-refractivity contribution in [3.05, 3.63) is 88.7 Å². The SMILES string of the molecule is Cc1ccc(Nc2cncc(C(=O)NCc3ccc(Cl)cc3)c2)cc1. The van der Waals surface area contributed by atoms with Gasteiger partial charge in [-0.1, -0.05) is 41.4 Å². The summed E-state index contributed by atoms with van der Waals surface area (Å²) < 4.78 is 0. The van der Waals surface area contributed by atoms with E-state index < -0.39 is 0 Å². The summed E-state index contributed by atoms with van der Waals surface area (Å²) in [7, 11) is 0. The van der Waals surface area contributed by atoms with E-state index in [1.807, 2.05) is 43.3 Å². The summed E-state index contributed by atoms with van der Waals surface area (Å²) in [4.78, 5) is 16.5. The number of aromatic nitrogens is 1. The van der Waals surface area contributed by atoms with Crippen LogP contribution in [0.5, 0.6) is 0 Å². The Morgan fingerprint density at radius 2 is 1.72 bits per heavy atom. The lowest BCUT2D eigenvalue weighted by Crippen LogP contribution is -2.23. The van der Waals surface area contributed by atoms with E-state index in [0.29, 0.717) is 17.1 Å². The third-order valence-electron chi connectivity index (χ3n) is 3.71. The Bertz CT molecular complexity index is 861. The molecule has 2 aromatic carbocycles. The highest BCUT2D eigenvalue weighted by atomic mass is 35.5. The molecule has 1 amide bonds. The predicted molar refractivity (Wildman–Crippen MR) is 101 cm³/mol. The molecule has 0 bridgehead atoms. The fourth-order valence-corrected chi connectivity index (χ4v) is 2.45. The molecule has 25 heavy (non-hydrogen) atoms. The molecule has 3 aromatic rings. The second kappa shape index (κ2) is 7.81. The molecule has 2 N–H and O–H groups in total. The van der Waals surface area contributed by atoms with Gasteiger partial charge in [0.1, 0.15) is 0 Å². The number of aryl methyl sites for hydroxylation is 1. The number of rotatable bonds is 5. The number of hydrogen-bond acceptors (Lipinski definition) is 3. The number of nitrogens with one attached hydrogen (secondary N) is 2. The molecule has 0 aliphatic rings. The third-order valence-corrected chi connectivity index (χ3v) is 3.96. The summed E-state index contributed by atoms with van der Waals surface area (Å²) in [5.74, 6) is -0.171. The van der Waals surface area contributed by atoms with Gasteiger partial charge in [0.05, 0.1) is 17.4 Å². The van der Waals surface area contributed by atoms with E-state index in [4.69, 9.17) is 11.6 Å². The van der Waals surface area contributed by atoms with Crippen molar-refractivity contribution in [1.29, 1.82) is 0 Å². The Morgan fingerprint density at radius 3 is 2.44 bits per heavy atom. The van der Waals surface area contributed by atoms with E-state index in [0.717, 1.165) is 16.9 Å². The highest BCUT2D eigenvalue weighted by Gasteiger charge is 2.07. The molecule has 4 nitrogen and oxygen atoms in total. The Kier molecular flexibility index (Phi) is 5.31. The van der Waals surface area contributed by atoms with Gasteiger partial charge in [-0.3, -0.25) is 9.78 Å². The number of pyridine rings is 1. The number of carbonyl (C=O) groups excluding carboxylic acids is 1. The highest BCUT2D eigenvalue weighted by molar-refractivity contribution is 6.30. The molecule has 1 aromatic heterocycles. The summed E-state index contributed by atoms with van der Waals surface area (Å²) in [6, 6.07) is 17.2. The van der Waals surface area contributed by atoms with E-state index in [1.54, 1.807) is 30.6 Å². The standard InChI is InChI=1S/C20H18ClN3O/c1-14-2-8-18(9-3-14)24-19-10-16(12-22-13-19)20(25)23-11-15-4-6-17(21)7-5-15/h2-10,12-13,24H,11H2,1H3,(H,23,25). The molecular weight excluding hydrogens is 334 g/mol. The Labute approximate surface area is 151 Å². The largest absolute Gasteiger partial charge is 0.354 e. The summed E-state index contributed by atoms with van der Waals surface area (Å²) >= 11 is 5.86. The van der Waals surface area contributed by atoms with Crippen LogP contribution in [0.3, 0.4) is 0 Å². The van der Waals surface area contributed by atoms with Crippen LogP contribution in [-0.2, 0) is 6.54 Å². The van der Waals surface area contributed by atoms with Crippen molar-refractivity contribution in [2.45, 2.75) is 13.5 Å². The fraction of sp³-hybridized carbons (Fsp3) is 0.100. The van der Waals surface area contributed by atoms with E-state index in [9.17, 15) is 4.79 Å². The second-order valence-electron chi connectivity index (χ2n) is 5.76. The molecule has 5 heteroatoms. The zero-order chi connectivity index (χ0) is 17.6. The van der Waals surface area contributed by atoms with E-state index in [1.165, 1.54) is 5.56 Å². The van der Waals surface area contributed by atoms with Crippen molar-refractivity contribution in [3.63, 3.8) is 0 Å². The number of hydrogen-bond donors (Lipinski definition) is 2. The minimum Gasteiger partial charge on any atom is -0.354 e. The molecule has 0 aliphatic carbocycles. The zero-order valence-electron chi connectivity index (χ0n) is 13.8. The van der Waals surface area contributed by atoms with Crippen molar-refractivity contribution in [3.8, 4) is 0 Å². The molecule has 126 valence electrons. The lowest BCUT2D eigenvalue weighted by atomic mass is 10.2. The average molecular weight is 352 g/mol. The minimum absolute atomic E-state index is 0.171. The van der Waals surface area contributed by atoms with Gasteiger partial charge in [0, 0.05) is 23.5 Å². The van der Waals surface area contributed by atoms with Crippen LogP contribution in [0.15, 0.2) is 67.0 Å². The number of halogens is 1. The van der Waals surface area contributed by atoms with Crippen molar-refractivity contribution in [2.24, 2.45) is 0 Å². The van der Waals surface area contributed by atoms with Crippen LogP contribution >= 0.6 is 11.6 Å². The molecule has 3 rings (SSSR count). The van der Waals surface area contributed by atoms with Gasteiger partial charge in [-0.25, -0.2) is 0 Å². The molecule has 0 unspecified atom stereocenters. The summed E-state index contributed by atoms with van der Waals surface area (Å²) in [6.07, 6.45) is 3.24. The minimum atomic E-state index is -0.171. The second-order valence-corrected chi connectivity index (χ2v) is 6.20. The summed E-state index contributed by atoms with van der Waals surface area (Å²) in [5, 5.41) is 6.81. The number of carbonyl (C=O) groups is 1. The average Bonchev–Trinajstić information content (AvgIpc) is 2.63. The molecule has 0 saturated carbocycles. The highest BCUT2D eigenvalue weighted by Crippen LogP contribution is 2.17. The molecule has 0 spiro atoms. The van der Waals surface area contributed by atoms with Gasteiger partial charge in [-0.15, -0.1) is 0 Å². The Morgan fingerprint density at radius 1 is 1.00 bits per heavy atom. The van der Waals surface area contributed by atoms with Gasteiger partial charge in [-0.2, -0.15) is 0 Å². The molecular formula is C20H18ClN3O. The van der Waals surface area contributed by atoms with Crippen LogP contribution in [-0.4, -0.2) is 10.9 Å². The lowest BCUT2D eigenvalue weighted by Gasteiger charge is -2.09. The van der Waals surface area contributed by atoms with Crippen LogP contribution in [0.4, 0.5) is 11.4 Å². The Balaban J connectivity index is 1.64. The first-order valence-corrected chi connectivity index (χ1v) is 8.29. The van der Waals surface area contributed by atoms with Gasteiger partial charge < -0.3 is 10.6 Å².